The van der Waals surface area contributed by atoms with Gasteiger partial charge in [0.1, 0.15) is 12.4 Å². The van der Waals surface area contributed by atoms with Crippen molar-refractivity contribution in [1.82, 2.24) is 0 Å². The Labute approximate surface area is 123 Å². The summed E-state index contributed by atoms with van der Waals surface area (Å²) in [4.78, 5) is 0. The third kappa shape index (κ3) is 5.23. The van der Waals surface area contributed by atoms with Gasteiger partial charge in [0.05, 0.1) is 17.5 Å². The van der Waals surface area contributed by atoms with Crippen molar-refractivity contribution in [2.75, 3.05) is 19.8 Å². The van der Waals surface area contributed by atoms with Crippen molar-refractivity contribution in [2.24, 2.45) is 5.92 Å². The maximum atomic E-state index is 6.07. The van der Waals surface area contributed by atoms with Crippen molar-refractivity contribution in [3.05, 3.63) is 27.7 Å². The Bertz CT molecular complexity index is 381. The highest BCUT2D eigenvalue weighted by molar-refractivity contribution is 6.35. The molecule has 0 unspecified atom stereocenters. The number of hydrogen-bond acceptors (Lipinski definition) is 2. The standard InChI is InChI=1S/C13H17Cl3O2/c1-9(2)8-17-3-4-18-13-10(7-14)5-11(15)6-12(13)16/h5-6,9H,3-4,7-8H2,1-2H3. The van der Waals surface area contributed by atoms with E-state index in [1.54, 1.807) is 12.1 Å². The molecular weight excluding hydrogens is 294 g/mol. The van der Waals surface area contributed by atoms with Gasteiger partial charge in [-0.3, -0.25) is 0 Å². The van der Waals surface area contributed by atoms with Crippen LogP contribution in [0.4, 0.5) is 0 Å². The van der Waals surface area contributed by atoms with Gasteiger partial charge < -0.3 is 9.47 Å². The first kappa shape index (κ1) is 15.9. The van der Waals surface area contributed by atoms with Crippen LogP contribution < -0.4 is 4.74 Å². The smallest absolute Gasteiger partial charge is 0.142 e. The zero-order valence-corrected chi connectivity index (χ0v) is 12.8. The maximum absolute atomic E-state index is 6.07. The topological polar surface area (TPSA) is 18.5 Å². The second-order valence-corrected chi connectivity index (χ2v) is 5.44. The molecule has 0 aliphatic carbocycles. The molecule has 0 aromatic heterocycles. The van der Waals surface area contributed by atoms with Crippen LogP contribution in [-0.4, -0.2) is 19.8 Å². The molecule has 102 valence electrons. The molecule has 0 saturated heterocycles. The minimum Gasteiger partial charge on any atom is -0.489 e. The lowest BCUT2D eigenvalue weighted by atomic mass is 10.2. The molecule has 1 rings (SSSR count). The Balaban J connectivity index is 2.51. The van der Waals surface area contributed by atoms with Crippen molar-refractivity contribution in [3.63, 3.8) is 0 Å². The first-order chi connectivity index (χ1) is 8.54. The summed E-state index contributed by atoms with van der Waals surface area (Å²) in [5.41, 5.74) is 0.790. The zero-order valence-electron chi connectivity index (χ0n) is 10.5. The van der Waals surface area contributed by atoms with Crippen LogP contribution in [-0.2, 0) is 10.6 Å². The molecule has 0 heterocycles. The Kier molecular flexibility index (Phi) is 7.16. The predicted octanol–water partition coefficient (Wildman–Crippen LogP) is 4.78. The number of benzene rings is 1. The largest absolute Gasteiger partial charge is 0.489 e. The number of alkyl halides is 1. The fraction of sp³-hybridized carbons (Fsp3) is 0.538. The lowest BCUT2D eigenvalue weighted by Gasteiger charge is -2.13. The van der Waals surface area contributed by atoms with E-state index in [1.807, 2.05) is 0 Å². The average molecular weight is 312 g/mol. The van der Waals surface area contributed by atoms with Gasteiger partial charge in [-0.2, -0.15) is 0 Å². The van der Waals surface area contributed by atoms with Crippen LogP contribution in [0.2, 0.25) is 10.0 Å². The molecule has 0 fully saturated rings. The maximum Gasteiger partial charge on any atom is 0.142 e. The summed E-state index contributed by atoms with van der Waals surface area (Å²) < 4.78 is 11.0. The number of rotatable bonds is 7. The van der Waals surface area contributed by atoms with Crippen molar-refractivity contribution >= 4 is 34.8 Å². The summed E-state index contributed by atoms with van der Waals surface area (Å²) in [7, 11) is 0. The normalized spacial score (nSPS) is 11.0. The molecule has 0 saturated carbocycles. The van der Waals surface area contributed by atoms with E-state index in [0.29, 0.717) is 40.8 Å². The summed E-state index contributed by atoms with van der Waals surface area (Å²) in [6.07, 6.45) is 0. The summed E-state index contributed by atoms with van der Waals surface area (Å²) in [6.45, 7) is 5.89. The fourth-order valence-electron chi connectivity index (χ4n) is 1.40. The summed E-state index contributed by atoms with van der Waals surface area (Å²) in [5.74, 6) is 1.41. The van der Waals surface area contributed by atoms with E-state index in [9.17, 15) is 0 Å². The van der Waals surface area contributed by atoms with Crippen molar-refractivity contribution in [2.45, 2.75) is 19.7 Å². The quantitative estimate of drug-likeness (QED) is 0.533. The first-order valence-corrected chi connectivity index (χ1v) is 7.08. The van der Waals surface area contributed by atoms with Gasteiger partial charge in [0.2, 0.25) is 0 Å². The monoisotopic (exact) mass is 310 g/mol. The average Bonchev–Trinajstić information content (AvgIpc) is 2.30. The minimum atomic E-state index is 0.308. The Hall–Kier alpha value is -0.150. The van der Waals surface area contributed by atoms with Crippen molar-refractivity contribution in [3.8, 4) is 5.75 Å². The minimum absolute atomic E-state index is 0.308. The van der Waals surface area contributed by atoms with Crippen LogP contribution in [0, 0.1) is 5.92 Å². The van der Waals surface area contributed by atoms with E-state index in [1.165, 1.54) is 0 Å². The van der Waals surface area contributed by atoms with Gasteiger partial charge in [0, 0.05) is 17.2 Å². The molecule has 0 atom stereocenters. The molecule has 5 heteroatoms. The molecule has 0 aliphatic heterocycles. The van der Waals surface area contributed by atoms with Crippen LogP contribution in [0.15, 0.2) is 12.1 Å². The lowest BCUT2D eigenvalue weighted by Crippen LogP contribution is -2.11. The van der Waals surface area contributed by atoms with Crippen LogP contribution in [0.5, 0.6) is 5.75 Å². The Morgan fingerprint density at radius 1 is 1.17 bits per heavy atom. The van der Waals surface area contributed by atoms with Crippen molar-refractivity contribution < 1.29 is 9.47 Å². The van der Waals surface area contributed by atoms with Crippen LogP contribution >= 0.6 is 34.8 Å². The highest BCUT2D eigenvalue weighted by Gasteiger charge is 2.10. The fourth-order valence-corrected chi connectivity index (χ4v) is 2.18. The van der Waals surface area contributed by atoms with E-state index in [-0.39, 0.29) is 0 Å². The number of hydrogen-bond donors (Lipinski definition) is 0. The molecule has 0 amide bonds. The summed E-state index contributed by atoms with van der Waals surface area (Å²) in [6, 6.07) is 3.40. The molecule has 18 heavy (non-hydrogen) atoms. The van der Waals surface area contributed by atoms with Gasteiger partial charge in [0.25, 0.3) is 0 Å². The Morgan fingerprint density at radius 3 is 2.50 bits per heavy atom. The van der Waals surface area contributed by atoms with Gasteiger partial charge in [-0.15, -0.1) is 11.6 Å². The van der Waals surface area contributed by atoms with Gasteiger partial charge in [0.15, 0.2) is 0 Å². The van der Waals surface area contributed by atoms with Gasteiger partial charge in [-0.1, -0.05) is 37.0 Å². The SMILES string of the molecule is CC(C)COCCOc1c(Cl)cc(Cl)cc1CCl. The molecular formula is C13H17Cl3O2. The molecule has 1 aromatic carbocycles. The molecule has 0 bridgehead atoms. The highest BCUT2D eigenvalue weighted by Crippen LogP contribution is 2.33. The second-order valence-electron chi connectivity index (χ2n) is 4.33. The van der Waals surface area contributed by atoms with Crippen LogP contribution in [0.3, 0.4) is 0 Å². The number of ether oxygens (including phenoxy) is 2. The third-order valence-corrected chi connectivity index (χ3v) is 2.94. The van der Waals surface area contributed by atoms with E-state index < -0.39 is 0 Å². The van der Waals surface area contributed by atoms with E-state index >= 15 is 0 Å². The van der Waals surface area contributed by atoms with Gasteiger partial charge >= 0.3 is 0 Å². The molecule has 0 aliphatic rings. The second kappa shape index (κ2) is 8.11. The number of halogens is 3. The van der Waals surface area contributed by atoms with Crippen molar-refractivity contribution in [1.29, 1.82) is 0 Å². The highest BCUT2D eigenvalue weighted by atomic mass is 35.5. The first-order valence-electron chi connectivity index (χ1n) is 5.79. The molecule has 0 spiro atoms. The molecule has 2 nitrogen and oxygen atoms in total. The van der Waals surface area contributed by atoms with Crippen LogP contribution in [0.1, 0.15) is 19.4 Å². The lowest BCUT2D eigenvalue weighted by molar-refractivity contribution is 0.0817. The van der Waals surface area contributed by atoms with E-state index in [0.717, 1.165) is 12.2 Å². The van der Waals surface area contributed by atoms with Gasteiger partial charge in [-0.05, 0) is 18.1 Å². The molecule has 0 N–H and O–H groups in total. The third-order valence-electron chi connectivity index (χ3n) is 2.15. The van der Waals surface area contributed by atoms with E-state index in [2.05, 4.69) is 13.8 Å². The van der Waals surface area contributed by atoms with E-state index in [4.69, 9.17) is 44.3 Å². The van der Waals surface area contributed by atoms with Gasteiger partial charge in [-0.25, -0.2) is 0 Å². The Morgan fingerprint density at radius 2 is 1.89 bits per heavy atom. The zero-order chi connectivity index (χ0) is 13.5. The summed E-state index contributed by atoms with van der Waals surface area (Å²) >= 11 is 17.8. The predicted molar refractivity (Wildman–Crippen MR) is 77.2 cm³/mol. The summed E-state index contributed by atoms with van der Waals surface area (Å²) in [5, 5.41) is 1.03. The molecule has 0 radical (unpaired) electrons. The van der Waals surface area contributed by atoms with Crippen LogP contribution in [0.25, 0.3) is 0 Å². The molecule has 1 aromatic rings.